The van der Waals surface area contributed by atoms with E-state index in [2.05, 4.69) is 0 Å². The van der Waals surface area contributed by atoms with E-state index in [0.717, 1.165) is 25.7 Å². The zero-order valence-corrected chi connectivity index (χ0v) is 14.8. The van der Waals surface area contributed by atoms with E-state index >= 15 is 0 Å². The van der Waals surface area contributed by atoms with Gasteiger partial charge in [-0.3, -0.25) is 14.4 Å². The van der Waals surface area contributed by atoms with Crippen molar-refractivity contribution in [3.8, 4) is 0 Å². The number of hydrogen-bond donors (Lipinski definition) is 0. The summed E-state index contributed by atoms with van der Waals surface area (Å²) in [6.45, 7) is 0.103. The summed E-state index contributed by atoms with van der Waals surface area (Å²) in [5.41, 5.74) is 0.448. The number of esters is 1. The van der Waals surface area contributed by atoms with Crippen molar-refractivity contribution in [1.29, 1.82) is 0 Å². The lowest BCUT2D eigenvalue weighted by molar-refractivity contribution is -0.147. The highest BCUT2D eigenvalue weighted by atomic mass is 35.5. The van der Waals surface area contributed by atoms with Gasteiger partial charge >= 0.3 is 5.97 Å². The van der Waals surface area contributed by atoms with Gasteiger partial charge in [0.1, 0.15) is 0 Å². The van der Waals surface area contributed by atoms with Crippen molar-refractivity contribution in [3.63, 3.8) is 0 Å². The van der Waals surface area contributed by atoms with Crippen molar-refractivity contribution in [2.24, 2.45) is 5.92 Å². The summed E-state index contributed by atoms with van der Waals surface area (Å²) in [5.74, 6) is -1.18. The van der Waals surface area contributed by atoms with Crippen LogP contribution in [0.3, 0.4) is 0 Å². The first-order valence-corrected chi connectivity index (χ1v) is 9.17. The third kappa shape index (κ3) is 4.40. The average molecular weight is 364 g/mol. The van der Waals surface area contributed by atoms with Gasteiger partial charge in [0, 0.05) is 29.6 Å². The van der Waals surface area contributed by atoms with Crippen LogP contribution in [0.4, 0.5) is 0 Å². The molecule has 0 aromatic heterocycles. The van der Waals surface area contributed by atoms with Crippen LogP contribution in [0.2, 0.25) is 5.02 Å². The summed E-state index contributed by atoms with van der Waals surface area (Å²) >= 11 is 5.79. The Morgan fingerprint density at radius 3 is 2.48 bits per heavy atom. The maximum absolute atomic E-state index is 12.2. The lowest BCUT2D eigenvalue weighted by Gasteiger charge is -2.31. The highest BCUT2D eigenvalue weighted by molar-refractivity contribution is 6.30. The van der Waals surface area contributed by atoms with Crippen LogP contribution < -0.4 is 0 Å². The Bertz CT molecular complexity index is 652. The summed E-state index contributed by atoms with van der Waals surface area (Å²) in [7, 11) is 0. The Balaban J connectivity index is 1.50. The maximum Gasteiger partial charge on any atom is 0.311 e. The van der Waals surface area contributed by atoms with Gasteiger partial charge in [-0.25, -0.2) is 0 Å². The minimum atomic E-state index is -0.465. The van der Waals surface area contributed by atoms with E-state index in [1.807, 2.05) is 4.90 Å². The molecule has 1 saturated heterocycles. The molecule has 1 aromatic rings. The zero-order valence-electron chi connectivity index (χ0n) is 14.1. The first-order valence-electron chi connectivity index (χ1n) is 8.79. The second-order valence-electron chi connectivity index (χ2n) is 6.78. The van der Waals surface area contributed by atoms with E-state index in [9.17, 15) is 14.4 Å². The fourth-order valence-electron chi connectivity index (χ4n) is 3.61. The first kappa shape index (κ1) is 17.9. The second-order valence-corrected chi connectivity index (χ2v) is 7.21. The number of nitrogens with zero attached hydrogens (tertiary/aromatic N) is 1. The molecule has 1 amide bonds. The molecule has 134 valence electrons. The molecule has 1 aliphatic carbocycles. The largest absolute Gasteiger partial charge is 0.457 e. The fraction of sp³-hybridized carbons (Fsp3) is 0.526. The average Bonchev–Trinajstić information content (AvgIpc) is 3.02. The minimum Gasteiger partial charge on any atom is -0.457 e. The van der Waals surface area contributed by atoms with Gasteiger partial charge in [0.25, 0.3) is 0 Å². The van der Waals surface area contributed by atoms with Crippen LogP contribution in [0.1, 0.15) is 48.9 Å². The highest BCUT2D eigenvalue weighted by Gasteiger charge is 2.39. The molecule has 0 unspecified atom stereocenters. The lowest BCUT2D eigenvalue weighted by Crippen LogP contribution is -2.38. The van der Waals surface area contributed by atoms with Crippen molar-refractivity contribution in [1.82, 2.24) is 4.90 Å². The van der Waals surface area contributed by atoms with Gasteiger partial charge in [0.15, 0.2) is 12.4 Å². The molecule has 1 atom stereocenters. The first-order chi connectivity index (χ1) is 12.0. The molecular weight excluding hydrogens is 342 g/mol. The third-order valence-corrected chi connectivity index (χ3v) is 5.27. The van der Waals surface area contributed by atoms with Crippen LogP contribution >= 0.6 is 11.6 Å². The highest BCUT2D eigenvalue weighted by Crippen LogP contribution is 2.29. The zero-order chi connectivity index (χ0) is 17.8. The topological polar surface area (TPSA) is 63.7 Å². The molecule has 6 heteroatoms. The molecule has 25 heavy (non-hydrogen) atoms. The molecule has 3 rings (SSSR count). The molecular formula is C19H22ClNO4. The number of carbonyl (C=O) groups is 3. The summed E-state index contributed by atoms with van der Waals surface area (Å²) in [4.78, 5) is 38.3. The number of ether oxygens (including phenoxy) is 1. The summed E-state index contributed by atoms with van der Waals surface area (Å²) in [6, 6.07) is 6.70. The number of halogens is 1. The van der Waals surface area contributed by atoms with Crippen LogP contribution in [0.5, 0.6) is 0 Å². The molecule has 2 aliphatic rings. The summed E-state index contributed by atoms with van der Waals surface area (Å²) in [6.07, 6.45) is 5.71. The Morgan fingerprint density at radius 2 is 1.80 bits per heavy atom. The SMILES string of the molecule is O=C(COC(=O)[C@@H]1CC(=O)N(C2CCCCC2)C1)c1ccc(Cl)cc1. The van der Waals surface area contributed by atoms with E-state index in [0.29, 0.717) is 17.1 Å². The predicted molar refractivity (Wildman–Crippen MR) is 93.4 cm³/mol. The number of benzene rings is 1. The van der Waals surface area contributed by atoms with Gasteiger partial charge in [-0.05, 0) is 37.1 Å². The molecule has 0 spiro atoms. The van der Waals surface area contributed by atoms with Crippen molar-refractivity contribution in [3.05, 3.63) is 34.9 Å². The van der Waals surface area contributed by atoms with Gasteiger partial charge in [-0.1, -0.05) is 30.9 Å². The molecule has 0 N–H and O–H groups in total. The van der Waals surface area contributed by atoms with Crippen molar-refractivity contribution >= 4 is 29.3 Å². The van der Waals surface area contributed by atoms with Gasteiger partial charge in [0.2, 0.25) is 5.91 Å². The van der Waals surface area contributed by atoms with E-state index < -0.39 is 11.9 Å². The van der Waals surface area contributed by atoms with Crippen LogP contribution in [0.15, 0.2) is 24.3 Å². The van der Waals surface area contributed by atoms with Crippen molar-refractivity contribution < 1.29 is 19.1 Å². The Kier molecular flexibility index (Phi) is 5.74. The van der Waals surface area contributed by atoms with Crippen molar-refractivity contribution in [2.75, 3.05) is 13.2 Å². The van der Waals surface area contributed by atoms with Gasteiger partial charge in [-0.15, -0.1) is 0 Å². The molecule has 1 saturated carbocycles. The number of likely N-dealkylation sites (tertiary alicyclic amines) is 1. The summed E-state index contributed by atoms with van der Waals surface area (Å²) < 4.78 is 5.16. The summed E-state index contributed by atoms with van der Waals surface area (Å²) in [5, 5.41) is 0.542. The number of hydrogen-bond acceptors (Lipinski definition) is 4. The maximum atomic E-state index is 12.2. The number of amides is 1. The molecule has 2 fully saturated rings. The molecule has 0 bridgehead atoms. The quantitative estimate of drug-likeness (QED) is 0.595. The van der Waals surface area contributed by atoms with E-state index in [4.69, 9.17) is 16.3 Å². The molecule has 1 aliphatic heterocycles. The number of ketones is 1. The molecule has 5 nitrogen and oxygen atoms in total. The monoisotopic (exact) mass is 363 g/mol. The Hall–Kier alpha value is -1.88. The number of Topliss-reactive ketones (excluding diaryl/α,β-unsaturated/α-hetero) is 1. The lowest BCUT2D eigenvalue weighted by atomic mass is 9.94. The van der Waals surface area contributed by atoms with Gasteiger partial charge in [0.05, 0.1) is 5.92 Å². The number of carbonyl (C=O) groups excluding carboxylic acids is 3. The van der Waals surface area contributed by atoms with Crippen LogP contribution in [0.25, 0.3) is 0 Å². The van der Waals surface area contributed by atoms with E-state index in [1.54, 1.807) is 24.3 Å². The van der Waals surface area contributed by atoms with E-state index in [1.165, 1.54) is 6.42 Å². The minimum absolute atomic E-state index is 0.0258. The van der Waals surface area contributed by atoms with E-state index in [-0.39, 0.29) is 30.8 Å². The van der Waals surface area contributed by atoms with Crippen LogP contribution in [-0.4, -0.2) is 41.8 Å². The Morgan fingerprint density at radius 1 is 1.12 bits per heavy atom. The van der Waals surface area contributed by atoms with Gasteiger partial charge < -0.3 is 9.64 Å². The van der Waals surface area contributed by atoms with Gasteiger partial charge in [-0.2, -0.15) is 0 Å². The Labute approximate surface area is 152 Å². The van der Waals surface area contributed by atoms with Crippen LogP contribution in [0, 0.1) is 5.92 Å². The smallest absolute Gasteiger partial charge is 0.311 e. The molecule has 1 aromatic carbocycles. The molecule has 0 radical (unpaired) electrons. The third-order valence-electron chi connectivity index (χ3n) is 5.02. The normalized spacial score (nSPS) is 21.4. The fourth-order valence-corrected chi connectivity index (χ4v) is 3.73. The van der Waals surface area contributed by atoms with Crippen LogP contribution in [-0.2, 0) is 14.3 Å². The second kappa shape index (κ2) is 8.00. The van der Waals surface area contributed by atoms with Crippen molar-refractivity contribution in [2.45, 2.75) is 44.6 Å². The number of rotatable bonds is 5. The predicted octanol–water partition coefficient (Wildman–Crippen LogP) is 3.25. The molecule has 1 heterocycles. The standard InChI is InChI=1S/C19H22ClNO4/c20-15-8-6-13(7-9-15)17(22)12-25-19(24)14-10-18(23)21(11-14)16-4-2-1-3-5-16/h6-9,14,16H,1-5,10-12H2/t14-/m1/s1.